The first-order valence-corrected chi connectivity index (χ1v) is 12.5. The van der Waals surface area contributed by atoms with Crippen LogP contribution in [0.3, 0.4) is 0 Å². The number of benzene rings is 1. The predicted molar refractivity (Wildman–Crippen MR) is 131 cm³/mol. The molecule has 3 aromatic heterocycles. The molecule has 0 unspecified atom stereocenters. The second-order valence-electron chi connectivity index (χ2n) is 7.87. The van der Waals surface area contributed by atoms with Gasteiger partial charge in [-0.15, -0.1) is 10.2 Å². The van der Waals surface area contributed by atoms with Gasteiger partial charge in [0, 0.05) is 7.11 Å². The summed E-state index contributed by atoms with van der Waals surface area (Å²) in [6, 6.07) is 8.52. The van der Waals surface area contributed by atoms with Crippen LogP contribution in [-0.4, -0.2) is 59.7 Å². The number of rotatable bonds is 10. The van der Waals surface area contributed by atoms with Gasteiger partial charge in [-0.2, -0.15) is 0 Å². The number of aryl methyl sites for hydroxylation is 1. The third-order valence-corrected chi connectivity index (χ3v) is 7.24. The van der Waals surface area contributed by atoms with E-state index in [1.165, 1.54) is 32.8 Å². The highest BCUT2D eigenvalue weighted by Crippen LogP contribution is 2.38. The highest BCUT2D eigenvalue weighted by atomic mass is 32.2. The molecule has 0 saturated heterocycles. The Hall–Kier alpha value is -4.04. The average molecular weight is 533 g/mol. The molecule has 12 nitrogen and oxygen atoms in total. The van der Waals surface area contributed by atoms with Gasteiger partial charge in [0.25, 0.3) is 0 Å². The van der Waals surface area contributed by atoms with Crippen LogP contribution in [0.5, 0.6) is 11.5 Å². The van der Waals surface area contributed by atoms with Crippen LogP contribution in [0.1, 0.15) is 24.6 Å². The molecular formula is C23H25FN6O6S. The van der Waals surface area contributed by atoms with Crippen molar-refractivity contribution in [2.45, 2.75) is 25.2 Å². The minimum Gasteiger partial charge on any atom is -0.494 e. The fraction of sp³-hybridized carbons (Fsp3) is 0.304. The molecule has 0 fully saturated rings. The highest BCUT2D eigenvalue weighted by molar-refractivity contribution is 7.93. The summed E-state index contributed by atoms with van der Waals surface area (Å²) in [7, 11) is 0.0467. The molecular weight excluding hydrogens is 507 g/mol. The zero-order valence-corrected chi connectivity index (χ0v) is 21.5. The molecule has 3 heterocycles. The zero-order chi connectivity index (χ0) is 26.7. The maximum Gasteiger partial charge on any atom is 0.243 e. The van der Waals surface area contributed by atoms with E-state index in [-0.39, 0.29) is 17.6 Å². The number of methoxy groups -OCH3 is 3. The fourth-order valence-electron chi connectivity index (χ4n) is 3.69. The van der Waals surface area contributed by atoms with E-state index in [9.17, 15) is 12.8 Å². The first-order chi connectivity index (χ1) is 17.7. The van der Waals surface area contributed by atoms with Crippen molar-refractivity contribution < 1.29 is 31.4 Å². The molecule has 1 N–H and O–H groups in total. The number of anilines is 1. The van der Waals surface area contributed by atoms with Gasteiger partial charge in [-0.25, -0.2) is 22.8 Å². The molecule has 0 radical (unpaired) electrons. The van der Waals surface area contributed by atoms with Gasteiger partial charge in [0.2, 0.25) is 21.8 Å². The van der Waals surface area contributed by atoms with Crippen LogP contribution < -0.4 is 14.2 Å². The van der Waals surface area contributed by atoms with Crippen molar-refractivity contribution in [1.29, 1.82) is 0 Å². The summed E-state index contributed by atoms with van der Waals surface area (Å²) >= 11 is 0. The number of nitrogens with zero attached hydrogens (tertiary/aromatic N) is 5. The van der Waals surface area contributed by atoms with E-state index in [2.05, 4.69) is 24.9 Å². The van der Waals surface area contributed by atoms with Crippen molar-refractivity contribution in [3.05, 3.63) is 60.1 Å². The average Bonchev–Trinajstić information content (AvgIpc) is 3.50. The molecule has 37 heavy (non-hydrogen) atoms. The number of halogens is 1. The molecule has 0 amide bonds. The van der Waals surface area contributed by atoms with Crippen LogP contribution in [0.25, 0.3) is 17.3 Å². The van der Waals surface area contributed by atoms with Crippen molar-refractivity contribution in [1.82, 2.24) is 24.7 Å². The monoisotopic (exact) mass is 532 g/mol. The van der Waals surface area contributed by atoms with E-state index < -0.39 is 27.2 Å². The Morgan fingerprint density at radius 3 is 2.22 bits per heavy atom. The Morgan fingerprint density at radius 1 is 1.03 bits per heavy atom. The summed E-state index contributed by atoms with van der Waals surface area (Å²) in [5.41, 5.74) is 0.345. The first-order valence-electron chi connectivity index (χ1n) is 11.0. The van der Waals surface area contributed by atoms with Gasteiger partial charge in [0.05, 0.1) is 26.6 Å². The van der Waals surface area contributed by atoms with Crippen molar-refractivity contribution in [2.75, 3.05) is 26.1 Å². The highest BCUT2D eigenvalue weighted by Gasteiger charge is 2.35. The summed E-state index contributed by atoms with van der Waals surface area (Å²) < 4.78 is 66.4. The fourth-order valence-corrected chi connectivity index (χ4v) is 4.82. The smallest absolute Gasteiger partial charge is 0.243 e. The topological polar surface area (TPSA) is 143 Å². The normalized spacial score (nSPS) is 13.2. The van der Waals surface area contributed by atoms with E-state index >= 15 is 0 Å². The second kappa shape index (κ2) is 10.5. The molecule has 0 spiro atoms. The summed E-state index contributed by atoms with van der Waals surface area (Å²) in [5.74, 6) is 1.08. The Labute approximate surface area is 212 Å². The van der Waals surface area contributed by atoms with Gasteiger partial charge >= 0.3 is 0 Å². The third kappa shape index (κ3) is 5.11. The van der Waals surface area contributed by atoms with E-state index in [0.717, 1.165) is 12.4 Å². The molecule has 0 aliphatic carbocycles. The minimum atomic E-state index is -4.20. The lowest BCUT2D eigenvalue weighted by molar-refractivity contribution is 0.0948. The molecule has 0 saturated carbocycles. The van der Waals surface area contributed by atoms with Gasteiger partial charge in [0.1, 0.15) is 34.3 Å². The maximum absolute atomic E-state index is 13.5. The Morgan fingerprint density at radius 2 is 1.68 bits per heavy atom. The SMILES string of the molecule is COc1cccc(OC)c1-n1c(NS(=O)(=O)[C@@H](C)[C@@H](OC)c2ncc(F)cn2)nnc1-c1ccc(C)o1. The molecule has 0 aliphatic rings. The van der Waals surface area contributed by atoms with Gasteiger partial charge < -0.3 is 18.6 Å². The summed E-state index contributed by atoms with van der Waals surface area (Å²) in [6.07, 6.45) is 0.759. The summed E-state index contributed by atoms with van der Waals surface area (Å²) in [6.45, 7) is 3.17. The van der Waals surface area contributed by atoms with Crippen LogP contribution >= 0.6 is 0 Å². The Kier molecular flexibility index (Phi) is 7.40. The molecule has 4 aromatic rings. The number of sulfonamides is 1. The lowest BCUT2D eigenvalue weighted by Gasteiger charge is -2.22. The molecule has 4 rings (SSSR count). The van der Waals surface area contributed by atoms with E-state index in [1.54, 1.807) is 37.3 Å². The number of furan rings is 1. The standard InChI is InChI=1S/C23H25FN6O6S/c1-13-9-10-18(36-13)22-27-28-23(30(22)19-16(33-3)7-6-8-17(19)34-4)29-37(31,32)14(2)20(35-5)21-25-11-15(24)12-26-21/h6-12,14,20H,1-5H3,(H,28,29)/t14-,20+/m0/s1. The number of hydrogen-bond acceptors (Lipinski definition) is 10. The molecule has 2 atom stereocenters. The lowest BCUT2D eigenvalue weighted by Crippen LogP contribution is -2.33. The maximum atomic E-state index is 13.5. The number of ether oxygens (including phenoxy) is 3. The largest absolute Gasteiger partial charge is 0.494 e. The van der Waals surface area contributed by atoms with Crippen molar-refractivity contribution in [3.63, 3.8) is 0 Å². The van der Waals surface area contributed by atoms with Crippen LogP contribution in [0, 0.1) is 12.7 Å². The molecule has 196 valence electrons. The summed E-state index contributed by atoms with van der Waals surface area (Å²) in [5, 5.41) is 7.06. The number of hydrogen-bond donors (Lipinski definition) is 1. The van der Waals surface area contributed by atoms with Gasteiger partial charge in [-0.3, -0.25) is 9.29 Å². The van der Waals surface area contributed by atoms with Crippen molar-refractivity contribution >= 4 is 16.0 Å². The first kappa shape index (κ1) is 26.0. The van der Waals surface area contributed by atoms with Crippen molar-refractivity contribution in [2.24, 2.45) is 0 Å². The molecule has 1 aromatic carbocycles. The lowest BCUT2D eigenvalue weighted by atomic mass is 10.2. The second-order valence-corrected chi connectivity index (χ2v) is 9.91. The number of para-hydroxylation sites is 1. The van der Waals surface area contributed by atoms with Crippen LogP contribution in [-0.2, 0) is 14.8 Å². The predicted octanol–water partition coefficient (Wildman–Crippen LogP) is 3.30. The van der Waals surface area contributed by atoms with Crippen LogP contribution in [0.15, 0.2) is 47.1 Å². The number of aromatic nitrogens is 5. The van der Waals surface area contributed by atoms with Gasteiger partial charge in [0.15, 0.2) is 17.4 Å². The molecule has 0 bridgehead atoms. The van der Waals surface area contributed by atoms with Gasteiger partial charge in [-0.05, 0) is 38.1 Å². The molecule has 14 heteroatoms. The Balaban J connectivity index is 1.82. The quantitative estimate of drug-likeness (QED) is 0.323. The van der Waals surface area contributed by atoms with E-state index in [4.69, 9.17) is 18.6 Å². The third-order valence-electron chi connectivity index (χ3n) is 5.55. The van der Waals surface area contributed by atoms with Crippen molar-refractivity contribution in [3.8, 4) is 28.8 Å². The minimum absolute atomic E-state index is 0.00129. The van der Waals surface area contributed by atoms with Crippen LogP contribution in [0.2, 0.25) is 0 Å². The molecule has 0 aliphatic heterocycles. The summed E-state index contributed by atoms with van der Waals surface area (Å²) in [4.78, 5) is 7.73. The van der Waals surface area contributed by atoms with Crippen LogP contribution in [0.4, 0.5) is 10.3 Å². The van der Waals surface area contributed by atoms with E-state index in [0.29, 0.717) is 28.7 Å². The zero-order valence-electron chi connectivity index (χ0n) is 20.7. The van der Waals surface area contributed by atoms with Gasteiger partial charge in [-0.1, -0.05) is 6.07 Å². The number of nitrogens with one attached hydrogen (secondary N) is 1. The Bertz CT molecular complexity index is 1470. The van der Waals surface area contributed by atoms with E-state index in [1.807, 2.05) is 0 Å².